The van der Waals surface area contributed by atoms with Crippen molar-refractivity contribution >= 4 is 22.9 Å². The molecule has 37 heavy (non-hydrogen) atoms. The molecule has 2 aliphatic heterocycles. The largest absolute Gasteiger partial charge is 0.396 e. The third-order valence-corrected chi connectivity index (χ3v) is 8.20. The molecule has 2 heterocycles. The summed E-state index contributed by atoms with van der Waals surface area (Å²) in [4.78, 5) is 14.4. The number of unbranched alkanes of at least 4 members (excludes halogenated alkanes) is 2. The first-order valence-corrected chi connectivity index (χ1v) is 13.8. The quantitative estimate of drug-likeness (QED) is 0.272. The van der Waals surface area contributed by atoms with E-state index in [4.69, 9.17) is 5.11 Å². The lowest BCUT2D eigenvalue weighted by molar-refractivity contribution is -0.401. The maximum Gasteiger partial charge on any atom is 0.209 e. The van der Waals surface area contributed by atoms with Crippen molar-refractivity contribution in [3.05, 3.63) is 83.6 Å². The fourth-order valence-electron chi connectivity index (χ4n) is 6.08. The Kier molecular flexibility index (Phi) is 8.18. The molecule has 2 aromatic rings. The van der Waals surface area contributed by atoms with Crippen molar-refractivity contribution in [3.8, 4) is 0 Å². The van der Waals surface area contributed by atoms with E-state index in [1.54, 1.807) is 0 Å². The first-order valence-electron chi connectivity index (χ1n) is 13.8. The van der Waals surface area contributed by atoms with Crippen LogP contribution in [-0.2, 0) is 15.6 Å². The van der Waals surface area contributed by atoms with Crippen molar-refractivity contribution in [2.24, 2.45) is 0 Å². The lowest BCUT2D eigenvalue weighted by Gasteiger charge is -2.27. The molecular weight excluding hydrogens is 456 g/mol. The van der Waals surface area contributed by atoms with Gasteiger partial charge in [0.15, 0.2) is 5.71 Å². The minimum absolute atomic E-state index is 0.0389. The normalized spacial score (nSPS) is 18.6. The van der Waals surface area contributed by atoms with Gasteiger partial charge in [-0.25, -0.2) is 0 Å². The van der Waals surface area contributed by atoms with Gasteiger partial charge in [-0.3, -0.25) is 4.79 Å². The van der Waals surface area contributed by atoms with E-state index in [1.807, 2.05) is 0 Å². The van der Waals surface area contributed by atoms with Gasteiger partial charge in [-0.05, 0) is 50.8 Å². The Labute approximate surface area is 223 Å². The number of hydrogen-bond donors (Lipinski definition) is 1. The van der Waals surface area contributed by atoms with E-state index in [1.165, 1.54) is 33.9 Å². The number of carbonyl (C=O) groups is 1. The van der Waals surface area contributed by atoms with Crippen LogP contribution in [0.25, 0.3) is 0 Å². The summed E-state index contributed by atoms with van der Waals surface area (Å²) in [7, 11) is 2.16. The highest BCUT2D eigenvalue weighted by Crippen LogP contribution is 2.47. The zero-order valence-electron chi connectivity index (χ0n) is 23.3. The first-order chi connectivity index (χ1) is 17.7. The number of fused-ring (bicyclic) bond motifs is 2. The summed E-state index contributed by atoms with van der Waals surface area (Å²) in [5, 5.41) is 8.92. The summed E-state index contributed by atoms with van der Waals surface area (Å²) in [5.74, 6) is 0.270. The molecule has 0 bridgehead atoms. The molecule has 4 nitrogen and oxygen atoms in total. The number of para-hydroxylation sites is 2. The molecule has 2 aliphatic rings. The van der Waals surface area contributed by atoms with Gasteiger partial charge in [-0.15, -0.1) is 0 Å². The zero-order valence-corrected chi connectivity index (χ0v) is 23.3. The third kappa shape index (κ3) is 5.36. The number of aliphatic hydroxyl groups excluding tert-OH is 1. The van der Waals surface area contributed by atoms with E-state index in [-0.39, 0.29) is 23.2 Å². The highest BCUT2D eigenvalue weighted by Gasteiger charge is 2.43. The number of carbonyl (C=O) groups excluding carboxylic acids is 1. The molecule has 0 saturated carbocycles. The fraction of sp³-hybridized carbons (Fsp3) is 0.455. The van der Waals surface area contributed by atoms with Crippen LogP contribution < -0.4 is 4.90 Å². The number of allylic oxidation sites excluding steroid dienone is 4. The Morgan fingerprint density at radius 2 is 1.57 bits per heavy atom. The zero-order chi connectivity index (χ0) is 26.6. The lowest BCUT2D eigenvalue weighted by Crippen LogP contribution is -2.27. The van der Waals surface area contributed by atoms with Gasteiger partial charge in [0.1, 0.15) is 12.8 Å². The van der Waals surface area contributed by atoms with Crippen molar-refractivity contribution < 1.29 is 14.5 Å². The number of nitrogens with zero attached hydrogens (tertiary/aromatic N) is 2. The topological polar surface area (TPSA) is 43.5 Å². The Balaban J connectivity index is 1.51. The maximum absolute atomic E-state index is 11.9. The van der Waals surface area contributed by atoms with Crippen LogP contribution in [0.3, 0.4) is 0 Å². The van der Waals surface area contributed by atoms with Crippen LogP contribution in [0.2, 0.25) is 0 Å². The van der Waals surface area contributed by atoms with Gasteiger partial charge in [0.25, 0.3) is 0 Å². The second-order valence-electron chi connectivity index (χ2n) is 11.5. The summed E-state index contributed by atoms with van der Waals surface area (Å²) in [6.07, 6.45) is 11.5. The molecule has 0 atom stereocenters. The molecule has 0 fully saturated rings. The Morgan fingerprint density at radius 1 is 0.892 bits per heavy atom. The van der Waals surface area contributed by atoms with Crippen LogP contribution in [0.15, 0.2) is 72.5 Å². The van der Waals surface area contributed by atoms with Gasteiger partial charge in [-0.1, -0.05) is 62.7 Å². The second-order valence-corrected chi connectivity index (χ2v) is 11.5. The number of anilines is 1. The van der Waals surface area contributed by atoms with Gasteiger partial charge in [0, 0.05) is 60.5 Å². The number of aliphatic hydroxyl groups is 1. The van der Waals surface area contributed by atoms with Crippen LogP contribution >= 0.6 is 0 Å². The summed E-state index contributed by atoms with van der Waals surface area (Å²) >= 11 is 0. The van der Waals surface area contributed by atoms with E-state index in [0.717, 1.165) is 25.8 Å². The standard InChI is InChI=1S/C33H43N2O2/c1-32(2)26-17-8-10-19-28(26)34(5)30(32)21-13-22-31-33(3,4)27-18-9-11-20-29(27)35(31)23-12-6-7-15-25(37)16-14-24-36/h8-11,13,17-22,36H,6-7,12,14-16,23-24H2,1-5H3/q+1. The second kappa shape index (κ2) is 11.2. The number of benzene rings is 2. The lowest BCUT2D eigenvalue weighted by atomic mass is 9.81. The molecule has 0 aromatic heterocycles. The number of ketones is 1. The predicted molar refractivity (Wildman–Crippen MR) is 154 cm³/mol. The van der Waals surface area contributed by atoms with Crippen molar-refractivity contribution in [1.29, 1.82) is 0 Å². The van der Waals surface area contributed by atoms with Crippen LogP contribution in [0.5, 0.6) is 0 Å². The molecule has 4 heteroatoms. The average Bonchev–Trinajstić information content (AvgIpc) is 3.22. The van der Waals surface area contributed by atoms with Crippen LogP contribution in [-0.4, -0.2) is 41.4 Å². The van der Waals surface area contributed by atoms with E-state index in [0.29, 0.717) is 19.3 Å². The Bertz CT molecular complexity index is 1230. The molecule has 0 spiro atoms. The smallest absolute Gasteiger partial charge is 0.209 e. The minimum Gasteiger partial charge on any atom is -0.396 e. The molecule has 0 saturated heterocycles. The number of Topliss-reactive ketones (excluding diaryl/α,β-unsaturated/α-hetero) is 1. The monoisotopic (exact) mass is 499 g/mol. The fourth-order valence-corrected chi connectivity index (χ4v) is 6.08. The van der Waals surface area contributed by atoms with Gasteiger partial charge >= 0.3 is 0 Å². The predicted octanol–water partition coefficient (Wildman–Crippen LogP) is 6.83. The number of hydrogen-bond acceptors (Lipinski definition) is 3. The summed E-state index contributed by atoms with van der Waals surface area (Å²) < 4.78 is 2.32. The first kappa shape index (κ1) is 27.1. The maximum atomic E-state index is 11.9. The van der Waals surface area contributed by atoms with Gasteiger partial charge < -0.3 is 10.0 Å². The van der Waals surface area contributed by atoms with Crippen molar-refractivity contribution in [3.63, 3.8) is 0 Å². The van der Waals surface area contributed by atoms with Crippen molar-refractivity contribution in [2.75, 3.05) is 25.1 Å². The molecule has 0 aliphatic carbocycles. The van der Waals surface area contributed by atoms with Gasteiger partial charge in [0.05, 0.1) is 5.41 Å². The van der Waals surface area contributed by atoms with E-state index in [2.05, 4.69) is 111 Å². The van der Waals surface area contributed by atoms with Crippen molar-refractivity contribution in [2.45, 2.75) is 77.0 Å². The molecule has 196 valence electrons. The van der Waals surface area contributed by atoms with E-state index >= 15 is 0 Å². The van der Waals surface area contributed by atoms with Crippen LogP contribution in [0, 0.1) is 0 Å². The Hall–Kier alpha value is -2.98. The molecule has 2 aromatic carbocycles. The van der Waals surface area contributed by atoms with Crippen molar-refractivity contribution in [1.82, 2.24) is 0 Å². The van der Waals surface area contributed by atoms with Crippen LogP contribution in [0.4, 0.5) is 11.4 Å². The molecule has 0 radical (unpaired) electrons. The highest BCUT2D eigenvalue weighted by atomic mass is 16.3. The van der Waals surface area contributed by atoms with Gasteiger partial charge in [0.2, 0.25) is 5.69 Å². The van der Waals surface area contributed by atoms with Gasteiger partial charge in [-0.2, -0.15) is 4.58 Å². The average molecular weight is 500 g/mol. The number of rotatable bonds is 11. The molecule has 1 N–H and O–H groups in total. The van der Waals surface area contributed by atoms with E-state index < -0.39 is 0 Å². The summed E-state index contributed by atoms with van der Waals surface area (Å²) in [6, 6.07) is 17.4. The molecular formula is C33H43N2O2+. The Morgan fingerprint density at radius 3 is 2.30 bits per heavy atom. The molecule has 0 amide bonds. The highest BCUT2D eigenvalue weighted by molar-refractivity contribution is 6.03. The minimum atomic E-state index is -0.0775. The molecule has 4 rings (SSSR count). The van der Waals surface area contributed by atoms with E-state index in [9.17, 15) is 4.79 Å². The summed E-state index contributed by atoms with van der Waals surface area (Å²) in [6.45, 7) is 10.3. The SMILES string of the molecule is C[N+]1=C(C=CC=C2N(CCCCCC(=O)CCCO)c3ccccc3C2(C)C)C(C)(C)c2ccccc21. The summed E-state index contributed by atoms with van der Waals surface area (Å²) in [5.41, 5.74) is 7.82. The molecule has 0 unspecified atom stereocenters. The van der Waals surface area contributed by atoms with Crippen LogP contribution in [0.1, 0.15) is 77.3 Å². The third-order valence-electron chi connectivity index (χ3n) is 8.20.